The van der Waals surface area contributed by atoms with Crippen LogP contribution in [0.15, 0.2) is 55.5 Å². The zero-order chi connectivity index (χ0) is 19.2. The second-order valence-corrected chi connectivity index (χ2v) is 7.32. The summed E-state index contributed by atoms with van der Waals surface area (Å²) < 4.78 is 39.3. The second kappa shape index (κ2) is 9.14. The maximum atomic E-state index is 13.0. The van der Waals surface area contributed by atoms with Gasteiger partial charge in [0.2, 0.25) is 11.0 Å². The minimum absolute atomic E-state index is 0.237. The topological polar surface area (TPSA) is 65.4 Å². The molecule has 0 saturated heterocycles. The molecule has 3 rings (SSSR count). The summed E-state index contributed by atoms with van der Waals surface area (Å²) in [5, 5.41) is 11.6. The maximum absolute atomic E-state index is 13.0. The first-order chi connectivity index (χ1) is 13.1. The molecule has 2 aromatic heterocycles. The Morgan fingerprint density at radius 2 is 2.04 bits per heavy atom. The standard InChI is InChI=1S/C17H15BrF2N4O2S/c1-2-27-17-23-22-16(15(19)20)24(17)21-9-13-7-8-14(26-13)10-25-12-5-3-11(18)4-6-12/h3-9,15H,2,10H2,1H3/b21-9-. The lowest BCUT2D eigenvalue weighted by atomic mass is 10.3. The molecule has 0 radical (unpaired) electrons. The van der Waals surface area contributed by atoms with Gasteiger partial charge in [-0.05, 0) is 42.2 Å². The summed E-state index contributed by atoms with van der Waals surface area (Å²) in [6, 6.07) is 10.8. The van der Waals surface area contributed by atoms with Gasteiger partial charge in [-0.25, -0.2) is 8.78 Å². The van der Waals surface area contributed by atoms with Crippen molar-refractivity contribution in [3.63, 3.8) is 0 Å². The monoisotopic (exact) mass is 456 g/mol. The Morgan fingerprint density at radius 1 is 1.26 bits per heavy atom. The summed E-state index contributed by atoms with van der Waals surface area (Å²) in [6.45, 7) is 2.13. The fraction of sp³-hybridized carbons (Fsp3) is 0.235. The van der Waals surface area contributed by atoms with Gasteiger partial charge >= 0.3 is 0 Å². The highest BCUT2D eigenvalue weighted by molar-refractivity contribution is 9.10. The highest BCUT2D eigenvalue weighted by Gasteiger charge is 2.19. The van der Waals surface area contributed by atoms with Crippen molar-refractivity contribution in [2.45, 2.75) is 25.1 Å². The van der Waals surface area contributed by atoms with Crippen LogP contribution in [0.25, 0.3) is 0 Å². The van der Waals surface area contributed by atoms with Gasteiger partial charge < -0.3 is 9.15 Å². The number of ether oxygens (including phenoxy) is 1. The summed E-state index contributed by atoms with van der Waals surface area (Å²) >= 11 is 4.63. The number of furan rings is 1. The maximum Gasteiger partial charge on any atom is 0.299 e. The SMILES string of the molecule is CCSc1nnc(C(F)F)n1/N=C\c1ccc(COc2ccc(Br)cc2)o1. The van der Waals surface area contributed by atoms with Gasteiger partial charge in [-0.3, -0.25) is 0 Å². The lowest BCUT2D eigenvalue weighted by molar-refractivity contribution is 0.135. The van der Waals surface area contributed by atoms with Gasteiger partial charge in [-0.2, -0.15) is 9.78 Å². The average Bonchev–Trinajstić information content (AvgIpc) is 3.26. The highest BCUT2D eigenvalue weighted by Crippen LogP contribution is 2.23. The Bertz CT molecular complexity index is 912. The highest BCUT2D eigenvalue weighted by atomic mass is 79.9. The molecular weight excluding hydrogens is 442 g/mol. The van der Waals surface area contributed by atoms with E-state index in [9.17, 15) is 8.78 Å². The summed E-state index contributed by atoms with van der Waals surface area (Å²) in [5.41, 5.74) is 0. The molecule has 0 aliphatic rings. The van der Waals surface area contributed by atoms with Crippen molar-refractivity contribution in [2.24, 2.45) is 5.10 Å². The Labute approximate surface area is 166 Å². The van der Waals surface area contributed by atoms with Gasteiger partial charge in [-0.15, -0.1) is 10.2 Å². The average molecular weight is 457 g/mol. The van der Waals surface area contributed by atoms with Crippen molar-refractivity contribution < 1.29 is 17.9 Å². The third kappa shape index (κ3) is 5.16. The molecule has 6 nitrogen and oxygen atoms in total. The molecule has 0 spiro atoms. The quantitative estimate of drug-likeness (QED) is 0.346. The minimum Gasteiger partial charge on any atom is -0.486 e. The number of hydrogen-bond donors (Lipinski definition) is 0. The van der Waals surface area contributed by atoms with Crippen LogP contribution in [0, 0.1) is 0 Å². The van der Waals surface area contributed by atoms with E-state index in [1.165, 1.54) is 18.0 Å². The van der Waals surface area contributed by atoms with Crippen LogP contribution in [0.4, 0.5) is 8.78 Å². The summed E-state index contributed by atoms with van der Waals surface area (Å²) in [4.78, 5) is 0. The van der Waals surface area contributed by atoms with Crippen molar-refractivity contribution in [1.29, 1.82) is 0 Å². The Morgan fingerprint density at radius 3 is 2.74 bits per heavy atom. The Balaban J connectivity index is 1.68. The molecule has 0 aliphatic heterocycles. The molecule has 27 heavy (non-hydrogen) atoms. The fourth-order valence-corrected chi connectivity index (χ4v) is 2.97. The van der Waals surface area contributed by atoms with Crippen LogP contribution in [0.1, 0.15) is 30.7 Å². The smallest absolute Gasteiger partial charge is 0.299 e. The van der Waals surface area contributed by atoms with Crippen LogP contribution in [-0.4, -0.2) is 26.8 Å². The number of benzene rings is 1. The van der Waals surface area contributed by atoms with E-state index in [4.69, 9.17) is 9.15 Å². The van der Waals surface area contributed by atoms with Gasteiger partial charge in [0.05, 0.1) is 6.21 Å². The van der Waals surface area contributed by atoms with Crippen LogP contribution in [-0.2, 0) is 6.61 Å². The Hall–Kier alpha value is -2.20. The van der Waals surface area contributed by atoms with Crippen LogP contribution < -0.4 is 4.74 Å². The summed E-state index contributed by atoms with van der Waals surface area (Å²) in [6.07, 6.45) is -1.43. The largest absolute Gasteiger partial charge is 0.486 e. The first kappa shape index (κ1) is 19.6. The molecule has 0 bridgehead atoms. The molecule has 1 aromatic carbocycles. The second-order valence-electron chi connectivity index (χ2n) is 5.18. The lowest BCUT2D eigenvalue weighted by Crippen LogP contribution is -2.00. The third-order valence-electron chi connectivity index (χ3n) is 3.28. The van der Waals surface area contributed by atoms with Crippen molar-refractivity contribution in [3.05, 3.63) is 58.2 Å². The third-order valence-corrected chi connectivity index (χ3v) is 4.61. The number of rotatable bonds is 8. The summed E-state index contributed by atoms with van der Waals surface area (Å²) in [5.74, 6) is 1.85. The molecule has 0 amide bonds. The van der Waals surface area contributed by atoms with Gasteiger partial charge in [0, 0.05) is 4.47 Å². The molecule has 2 heterocycles. The number of nitrogens with zero attached hydrogens (tertiary/aromatic N) is 4. The summed E-state index contributed by atoms with van der Waals surface area (Å²) in [7, 11) is 0. The van der Waals surface area contributed by atoms with Crippen molar-refractivity contribution >= 4 is 33.9 Å². The normalized spacial score (nSPS) is 11.6. The van der Waals surface area contributed by atoms with Crippen molar-refractivity contribution in [3.8, 4) is 5.75 Å². The number of halogens is 3. The molecular formula is C17H15BrF2N4O2S. The van der Waals surface area contributed by atoms with E-state index in [2.05, 4.69) is 31.2 Å². The van der Waals surface area contributed by atoms with E-state index in [1.807, 2.05) is 31.2 Å². The van der Waals surface area contributed by atoms with E-state index in [1.54, 1.807) is 12.1 Å². The fourth-order valence-electron chi connectivity index (χ4n) is 2.08. The van der Waals surface area contributed by atoms with Crippen LogP contribution in [0.3, 0.4) is 0 Å². The number of aromatic nitrogens is 3. The first-order valence-electron chi connectivity index (χ1n) is 7.94. The van der Waals surface area contributed by atoms with E-state index < -0.39 is 12.2 Å². The molecule has 0 unspecified atom stereocenters. The molecule has 142 valence electrons. The number of thioether (sulfide) groups is 1. The molecule has 0 fully saturated rings. The zero-order valence-electron chi connectivity index (χ0n) is 14.2. The zero-order valence-corrected chi connectivity index (χ0v) is 16.6. The van der Waals surface area contributed by atoms with E-state index in [0.29, 0.717) is 28.2 Å². The van der Waals surface area contributed by atoms with Gasteiger partial charge in [0.15, 0.2) is 0 Å². The number of hydrogen-bond acceptors (Lipinski definition) is 6. The molecule has 10 heteroatoms. The number of alkyl halides is 2. The van der Waals surface area contributed by atoms with Crippen LogP contribution in [0.5, 0.6) is 5.75 Å². The van der Waals surface area contributed by atoms with Crippen LogP contribution >= 0.6 is 27.7 Å². The van der Waals surface area contributed by atoms with Gasteiger partial charge in [-0.1, -0.05) is 34.6 Å². The molecule has 0 aliphatic carbocycles. The lowest BCUT2D eigenvalue weighted by Gasteiger charge is -2.03. The van der Waals surface area contributed by atoms with Crippen LogP contribution in [0.2, 0.25) is 0 Å². The predicted molar refractivity (Wildman–Crippen MR) is 102 cm³/mol. The van der Waals surface area contributed by atoms with E-state index >= 15 is 0 Å². The predicted octanol–water partition coefficient (Wildman–Crippen LogP) is 5.14. The molecule has 0 atom stereocenters. The Kier molecular flexibility index (Phi) is 6.62. The first-order valence-corrected chi connectivity index (χ1v) is 9.72. The van der Waals surface area contributed by atoms with Crippen molar-refractivity contribution in [2.75, 3.05) is 5.75 Å². The van der Waals surface area contributed by atoms with Crippen molar-refractivity contribution in [1.82, 2.24) is 14.9 Å². The molecule has 3 aromatic rings. The van der Waals surface area contributed by atoms with Gasteiger partial charge in [0.1, 0.15) is 23.9 Å². The van der Waals surface area contributed by atoms with E-state index in [-0.39, 0.29) is 6.61 Å². The minimum atomic E-state index is -2.77. The molecule has 0 N–H and O–H groups in total. The molecule has 0 saturated carbocycles. The van der Waals surface area contributed by atoms with E-state index in [0.717, 1.165) is 9.15 Å². The van der Waals surface area contributed by atoms with Gasteiger partial charge in [0.25, 0.3) is 6.43 Å².